The number of esters is 1. The zero-order valence-corrected chi connectivity index (χ0v) is 18.4. The summed E-state index contributed by atoms with van der Waals surface area (Å²) in [6.07, 6.45) is 0. The molecular formula is C23H16FN3O6S. The number of aromatic nitrogens is 2. The van der Waals surface area contributed by atoms with E-state index in [9.17, 15) is 27.7 Å². The maximum absolute atomic E-state index is 14.2. The highest BCUT2D eigenvalue weighted by Gasteiger charge is 2.33. The summed E-state index contributed by atoms with van der Waals surface area (Å²) in [5.74, 6) is -2.39. The molecule has 4 aromatic rings. The van der Waals surface area contributed by atoms with Crippen molar-refractivity contribution in [2.45, 2.75) is 16.7 Å². The molecule has 0 aliphatic heterocycles. The number of nitro groups is 1. The predicted molar refractivity (Wildman–Crippen MR) is 118 cm³/mol. The van der Waals surface area contributed by atoms with Crippen molar-refractivity contribution < 1.29 is 27.3 Å². The highest BCUT2D eigenvalue weighted by molar-refractivity contribution is 7.91. The summed E-state index contributed by atoms with van der Waals surface area (Å²) >= 11 is 0. The van der Waals surface area contributed by atoms with E-state index < -0.39 is 37.3 Å². The fourth-order valence-corrected chi connectivity index (χ4v) is 4.79. The van der Waals surface area contributed by atoms with Crippen LogP contribution in [0, 0.1) is 22.9 Å². The number of ether oxygens (including phenoxy) is 1. The molecule has 0 radical (unpaired) electrons. The highest BCUT2D eigenvalue weighted by atomic mass is 32.2. The first-order chi connectivity index (χ1) is 16.2. The van der Waals surface area contributed by atoms with Gasteiger partial charge in [0, 0.05) is 12.1 Å². The maximum Gasteiger partial charge on any atom is 0.347 e. The van der Waals surface area contributed by atoms with Crippen LogP contribution in [0.3, 0.4) is 0 Å². The molecule has 11 heteroatoms. The number of hydrogen-bond acceptors (Lipinski definition) is 7. The molecule has 1 aromatic heterocycles. The van der Waals surface area contributed by atoms with Gasteiger partial charge >= 0.3 is 5.97 Å². The van der Waals surface area contributed by atoms with Crippen LogP contribution in [0.5, 0.6) is 5.88 Å². The number of aryl methyl sites for hydroxylation is 1. The molecule has 0 unspecified atom stereocenters. The Labute approximate surface area is 193 Å². The summed E-state index contributed by atoms with van der Waals surface area (Å²) in [5.41, 5.74) is -0.271. The molecule has 3 aromatic carbocycles. The van der Waals surface area contributed by atoms with Gasteiger partial charge in [0.15, 0.2) is 4.90 Å². The first-order valence-corrected chi connectivity index (χ1v) is 11.3. The third-order valence-corrected chi connectivity index (χ3v) is 6.78. The summed E-state index contributed by atoms with van der Waals surface area (Å²) < 4.78 is 47.7. The van der Waals surface area contributed by atoms with Crippen LogP contribution < -0.4 is 4.74 Å². The molecule has 9 nitrogen and oxygen atoms in total. The van der Waals surface area contributed by atoms with E-state index in [-0.39, 0.29) is 21.8 Å². The second-order valence-corrected chi connectivity index (χ2v) is 8.98. The maximum atomic E-state index is 14.2. The summed E-state index contributed by atoms with van der Waals surface area (Å²) in [7, 11) is -4.34. The average molecular weight is 481 g/mol. The number of nitro benzene ring substituents is 1. The number of sulfone groups is 1. The molecule has 172 valence electrons. The zero-order chi connectivity index (χ0) is 24.5. The monoisotopic (exact) mass is 481 g/mol. The third kappa shape index (κ3) is 4.16. The molecule has 0 aliphatic carbocycles. The Hall–Kier alpha value is -4.38. The highest BCUT2D eigenvalue weighted by Crippen LogP contribution is 2.35. The number of halogens is 1. The minimum Gasteiger partial charge on any atom is -0.402 e. The van der Waals surface area contributed by atoms with Gasteiger partial charge in [0.25, 0.3) is 5.69 Å². The van der Waals surface area contributed by atoms with Gasteiger partial charge in [-0.2, -0.15) is 9.78 Å². The van der Waals surface area contributed by atoms with Crippen molar-refractivity contribution in [2.75, 3.05) is 0 Å². The Morgan fingerprint density at radius 2 is 1.62 bits per heavy atom. The van der Waals surface area contributed by atoms with Gasteiger partial charge in [-0.05, 0) is 43.3 Å². The average Bonchev–Trinajstić information content (AvgIpc) is 3.16. The largest absolute Gasteiger partial charge is 0.402 e. The van der Waals surface area contributed by atoms with Crippen LogP contribution in [-0.4, -0.2) is 29.1 Å². The first-order valence-electron chi connectivity index (χ1n) is 9.81. The molecule has 0 fully saturated rings. The number of benzene rings is 3. The molecule has 1 heterocycles. The fourth-order valence-electron chi connectivity index (χ4n) is 3.27. The lowest BCUT2D eigenvalue weighted by molar-refractivity contribution is -0.384. The topological polar surface area (TPSA) is 121 Å². The molecule has 0 aliphatic rings. The number of para-hydroxylation sites is 1. The Morgan fingerprint density at radius 1 is 1.00 bits per heavy atom. The summed E-state index contributed by atoms with van der Waals surface area (Å²) in [6.45, 7) is 1.41. The Morgan fingerprint density at radius 3 is 2.24 bits per heavy atom. The molecular weight excluding hydrogens is 465 g/mol. The summed E-state index contributed by atoms with van der Waals surface area (Å²) in [6, 6.07) is 17.7. The number of hydrogen-bond donors (Lipinski definition) is 0. The second-order valence-electron chi connectivity index (χ2n) is 7.09. The lowest BCUT2D eigenvalue weighted by Gasteiger charge is -2.11. The summed E-state index contributed by atoms with van der Waals surface area (Å²) in [5, 5.41) is 15.2. The first kappa shape index (κ1) is 22.8. The van der Waals surface area contributed by atoms with Gasteiger partial charge in [0.05, 0.1) is 26.8 Å². The van der Waals surface area contributed by atoms with Crippen molar-refractivity contribution in [3.8, 4) is 11.6 Å². The van der Waals surface area contributed by atoms with E-state index in [2.05, 4.69) is 5.10 Å². The number of nitrogens with zero attached hydrogens (tertiary/aromatic N) is 3. The molecule has 4 rings (SSSR count). The minimum absolute atomic E-state index is 0.0125. The number of carbonyl (C=O) groups excluding carboxylic acids is 1. The van der Waals surface area contributed by atoms with Crippen molar-refractivity contribution in [1.29, 1.82) is 0 Å². The van der Waals surface area contributed by atoms with E-state index in [0.29, 0.717) is 5.69 Å². The van der Waals surface area contributed by atoms with Crippen LogP contribution in [-0.2, 0) is 9.84 Å². The van der Waals surface area contributed by atoms with Crippen molar-refractivity contribution in [3.63, 3.8) is 0 Å². The number of non-ortho nitro benzene ring substituents is 1. The van der Waals surface area contributed by atoms with Crippen LogP contribution >= 0.6 is 0 Å². The second kappa shape index (κ2) is 8.87. The van der Waals surface area contributed by atoms with Crippen molar-refractivity contribution in [1.82, 2.24) is 9.78 Å². The van der Waals surface area contributed by atoms with Crippen LogP contribution in [0.1, 0.15) is 16.1 Å². The standard InChI is InChI=1S/C23H16FN3O6S/c1-15-21(34(31,32)18-13-11-17(12-14-18)27(29)30)22(26(25-15)16-7-3-2-4-8-16)33-23(28)19-9-5-6-10-20(19)24/h2-14H,1H3. The van der Waals surface area contributed by atoms with Gasteiger partial charge in [-0.3, -0.25) is 10.1 Å². The van der Waals surface area contributed by atoms with Crippen LogP contribution in [0.2, 0.25) is 0 Å². The van der Waals surface area contributed by atoms with Gasteiger partial charge in [0.1, 0.15) is 5.82 Å². The smallest absolute Gasteiger partial charge is 0.347 e. The normalized spacial score (nSPS) is 11.2. The van der Waals surface area contributed by atoms with E-state index in [1.165, 1.54) is 25.1 Å². The molecule has 0 spiro atoms. The zero-order valence-electron chi connectivity index (χ0n) is 17.6. The third-order valence-electron chi connectivity index (χ3n) is 4.88. The SMILES string of the molecule is Cc1nn(-c2ccccc2)c(OC(=O)c2ccccc2F)c1S(=O)(=O)c1ccc([N+](=O)[O-])cc1. The van der Waals surface area contributed by atoms with Gasteiger partial charge in [-0.15, -0.1) is 0 Å². The Kier molecular flexibility index (Phi) is 5.95. The van der Waals surface area contributed by atoms with E-state index in [4.69, 9.17) is 4.74 Å². The predicted octanol–water partition coefficient (Wildman–Crippen LogP) is 4.28. The van der Waals surface area contributed by atoms with E-state index in [1.54, 1.807) is 30.3 Å². The van der Waals surface area contributed by atoms with Crippen LogP contribution in [0.4, 0.5) is 10.1 Å². The van der Waals surface area contributed by atoms with Crippen LogP contribution in [0.15, 0.2) is 88.7 Å². The van der Waals surface area contributed by atoms with Gasteiger partial charge in [-0.25, -0.2) is 17.6 Å². The van der Waals surface area contributed by atoms with Gasteiger partial charge in [0.2, 0.25) is 15.7 Å². The lowest BCUT2D eigenvalue weighted by atomic mass is 10.2. The number of rotatable bonds is 6. The van der Waals surface area contributed by atoms with Crippen molar-refractivity contribution in [2.24, 2.45) is 0 Å². The van der Waals surface area contributed by atoms with Gasteiger partial charge < -0.3 is 4.74 Å². The van der Waals surface area contributed by atoms with Gasteiger partial charge in [-0.1, -0.05) is 30.3 Å². The quantitative estimate of drug-likeness (QED) is 0.229. The fraction of sp³-hybridized carbons (Fsp3) is 0.0435. The van der Waals surface area contributed by atoms with Crippen LogP contribution in [0.25, 0.3) is 5.69 Å². The molecule has 34 heavy (non-hydrogen) atoms. The Balaban J connectivity index is 1.89. The molecule has 0 atom stereocenters. The lowest BCUT2D eigenvalue weighted by Crippen LogP contribution is -2.15. The van der Waals surface area contributed by atoms with Crippen molar-refractivity contribution >= 4 is 21.5 Å². The van der Waals surface area contributed by atoms with E-state index in [1.807, 2.05) is 0 Å². The van der Waals surface area contributed by atoms with Crippen molar-refractivity contribution in [3.05, 3.63) is 106 Å². The molecule has 0 saturated carbocycles. The van der Waals surface area contributed by atoms with E-state index in [0.717, 1.165) is 35.0 Å². The molecule has 0 bridgehead atoms. The summed E-state index contributed by atoms with van der Waals surface area (Å²) in [4.78, 5) is 22.4. The molecule has 0 amide bonds. The van der Waals surface area contributed by atoms with E-state index >= 15 is 0 Å². The minimum atomic E-state index is -4.34. The molecule has 0 N–H and O–H groups in total. The number of carbonyl (C=O) groups is 1. The molecule has 0 saturated heterocycles. The Bertz CT molecular complexity index is 1500.